The van der Waals surface area contributed by atoms with Gasteiger partial charge in [0.05, 0.1) is 16.9 Å². The highest BCUT2D eigenvalue weighted by Gasteiger charge is 2.48. The lowest BCUT2D eigenvalue weighted by Crippen LogP contribution is -2.44. The summed E-state index contributed by atoms with van der Waals surface area (Å²) in [4.78, 5) is 29.9. The van der Waals surface area contributed by atoms with Crippen LogP contribution in [-0.2, 0) is 10.0 Å². The number of amides is 2. The van der Waals surface area contributed by atoms with Crippen molar-refractivity contribution in [1.29, 1.82) is 0 Å². The topological polar surface area (TPSA) is 90.0 Å². The molecule has 0 spiro atoms. The Morgan fingerprint density at radius 1 is 1.06 bits per heavy atom. The van der Waals surface area contributed by atoms with Gasteiger partial charge in [-0.25, -0.2) is 12.7 Å². The maximum Gasteiger partial charge on any atom is 0.269 e. The monoisotopic (exact) mass is 474 g/mol. The summed E-state index contributed by atoms with van der Waals surface area (Å²) in [6, 6.07) is 9.28. The lowest BCUT2D eigenvalue weighted by molar-refractivity contribution is 0.0864. The number of halogens is 1. The molecular weight excluding hydrogens is 452 g/mol. The van der Waals surface area contributed by atoms with Crippen LogP contribution in [0, 0.1) is 0 Å². The number of nitrogens with one attached hydrogen (secondary N) is 1. The van der Waals surface area contributed by atoms with Crippen LogP contribution in [0.25, 0.3) is 0 Å². The van der Waals surface area contributed by atoms with Crippen molar-refractivity contribution < 1.29 is 18.0 Å². The third-order valence-corrected chi connectivity index (χ3v) is 8.25. The maximum absolute atomic E-state index is 13.1. The van der Waals surface area contributed by atoms with Crippen molar-refractivity contribution in [3.63, 3.8) is 0 Å². The van der Waals surface area contributed by atoms with E-state index >= 15 is 0 Å². The van der Waals surface area contributed by atoms with E-state index in [-0.39, 0.29) is 22.1 Å². The molecule has 0 unspecified atom stereocenters. The number of hydrogen-bond donors (Lipinski definition) is 1. The zero-order valence-corrected chi connectivity index (χ0v) is 19.1. The average molecular weight is 475 g/mol. The highest BCUT2D eigenvalue weighted by molar-refractivity contribution is 7.90. The fraction of sp³-hybridized carbons (Fsp3) is 0.364. The summed E-state index contributed by atoms with van der Waals surface area (Å²) in [7, 11) is -1.86. The van der Waals surface area contributed by atoms with Gasteiger partial charge in [0.25, 0.3) is 21.8 Å². The van der Waals surface area contributed by atoms with Crippen molar-refractivity contribution in [3.8, 4) is 0 Å². The third kappa shape index (κ3) is 3.64. The molecule has 0 aromatic heterocycles. The van der Waals surface area contributed by atoms with Crippen LogP contribution in [0.3, 0.4) is 0 Å². The molecule has 0 atom stereocenters. The third-order valence-electron chi connectivity index (χ3n) is 6.14. The first-order valence-corrected chi connectivity index (χ1v) is 12.3. The number of benzene rings is 2. The minimum Gasteiger partial charge on any atom is -0.367 e. The van der Waals surface area contributed by atoms with E-state index in [0.29, 0.717) is 23.6 Å². The van der Waals surface area contributed by atoms with Gasteiger partial charge in [-0.3, -0.25) is 9.59 Å². The van der Waals surface area contributed by atoms with E-state index in [1.807, 2.05) is 6.07 Å². The Bertz CT molecular complexity index is 1220. The Morgan fingerprint density at radius 3 is 2.47 bits per heavy atom. The number of hydrogen-bond acceptors (Lipinski definition) is 6. The fourth-order valence-corrected chi connectivity index (χ4v) is 6.20. The quantitative estimate of drug-likeness (QED) is 0.732. The van der Waals surface area contributed by atoms with Crippen molar-refractivity contribution in [1.82, 2.24) is 9.21 Å². The summed E-state index contributed by atoms with van der Waals surface area (Å²) in [6.07, 6.45) is 1.35. The lowest BCUT2D eigenvalue weighted by Gasteiger charge is -2.35. The van der Waals surface area contributed by atoms with E-state index in [2.05, 4.69) is 22.2 Å². The normalized spacial score (nSPS) is 20.4. The van der Waals surface area contributed by atoms with Crippen LogP contribution >= 0.6 is 11.6 Å². The molecule has 2 fully saturated rings. The molecule has 2 amide bonds. The number of anilines is 2. The van der Waals surface area contributed by atoms with Crippen molar-refractivity contribution in [3.05, 3.63) is 52.5 Å². The first kappa shape index (κ1) is 21.2. The van der Waals surface area contributed by atoms with E-state index < -0.39 is 21.8 Å². The van der Waals surface area contributed by atoms with Crippen LogP contribution < -0.4 is 10.2 Å². The first-order valence-electron chi connectivity index (χ1n) is 10.5. The molecule has 5 rings (SSSR count). The number of fused-ring (bicyclic) bond motifs is 1. The maximum atomic E-state index is 13.1. The minimum absolute atomic E-state index is 0.104. The van der Waals surface area contributed by atoms with Crippen molar-refractivity contribution >= 4 is 44.8 Å². The Morgan fingerprint density at radius 2 is 1.78 bits per heavy atom. The van der Waals surface area contributed by atoms with Gasteiger partial charge in [-0.2, -0.15) is 0 Å². The van der Waals surface area contributed by atoms with Crippen LogP contribution in [0.5, 0.6) is 0 Å². The molecule has 1 saturated carbocycles. The molecule has 3 aliphatic rings. The number of carbonyl (C=O) groups excluding carboxylic acids is 2. The smallest absolute Gasteiger partial charge is 0.269 e. The van der Waals surface area contributed by atoms with Crippen molar-refractivity contribution in [2.45, 2.75) is 23.8 Å². The van der Waals surface area contributed by atoms with Gasteiger partial charge in [0.15, 0.2) is 0 Å². The van der Waals surface area contributed by atoms with Gasteiger partial charge < -0.3 is 15.1 Å². The molecule has 32 heavy (non-hydrogen) atoms. The number of nitrogens with zero attached hydrogens (tertiary/aromatic N) is 3. The molecule has 0 bridgehead atoms. The van der Waals surface area contributed by atoms with Crippen molar-refractivity contribution in [2.24, 2.45) is 0 Å². The highest BCUT2D eigenvalue weighted by atomic mass is 35.5. The summed E-state index contributed by atoms with van der Waals surface area (Å²) in [5.74, 6) is -0.973. The zero-order valence-electron chi connectivity index (χ0n) is 17.5. The second-order valence-electron chi connectivity index (χ2n) is 8.45. The molecule has 2 heterocycles. The van der Waals surface area contributed by atoms with Crippen LogP contribution in [0.1, 0.15) is 33.6 Å². The molecule has 1 aliphatic carbocycles. The molecule has 2 aromatic carbocycles. The second kappa shape index (κ2) is 7.75. The van der Waals surface area contributed by atoms with Crippen LogP contribution in [0.2, 0.25) is 5.02 Å². The fourth-order valence-electron chi connectivity index (χ4n) is 4.18. The molecule has 10 heteroatoms. The molecular formula is C22H23ClN4O4S. The summed E-state index contributed by atoms with van der Waals surface area (Å²) in [5.41, 5.74) is 1.71. The highest BCUT2D eigenvalue weighted by Crippen LogP contribution is 2.40. The lowest BCUT2D eigenvalue weighted by atomic mass is 10.1. The van der Waals surface area contributed by atoms with Crippen LogP contribution in [-0.4, -0.2) is 68.7 Å². The van der Waals surface area contributed by atoms with E-state index in [9.17, 15) is 18.0 Å². The first-order chi connectivity index (χ1) is 15.3. The number of likely N-dealkylation sites (N-methyl/N-ethyl adjacent to an activating group) is 1. The van der Waals surface area contributed by atoms with E-state index in [1.54, 1.807) is 12.1 Å². The molecule has 8 nitrogen and oxygen atoms in total. The second-order valence-corrected chi connectivity index (χ2v) is 10.7. The molecule has 2 aliphatic heterocycles. The number of sulfonamides is 1. The number of rotatable bonds is 4. The standard InChI is InChI=1S/C22H23ClN4O4S/c1-25-8-10-26(11-9-25)19-7-3-15(23)13-18(19)24-21(28)14-2-6-17-20(12-14)32(30,31)27(22(17)29)16-4-5-16/h2-3,6-7,12-13,16H,4-5,8-11H2,1H3,(H,24,28). The van der Waals surface area contributed by atoms with Gasteiger partial charge >= 0.3 is 0 Å². The summed E-state index contributed by atoms with van der Waals surface area (Å²) in [5, 5.41) is 3.37. The molecule has 1 saturated heterocycles. The van der Waals surface area contributed by atoms with Crippen LogP contribution in [0.15, 0.2) is 41.3 Å². The predicted molar refractivity (Wildman–Crippen MR) is 122 cm³/mol. The molecule has 168 valence electrons. The predicted octanol–water partition coefficient (Wildman–Crippen LogP) is 2.65. The minimum atomic E-state index is -3.93. The Kier molecular flexibility index (Phi) is 5.15. The van der Waals surface area contributed by atoms with E-state index in [1.165, 1.54) is 18.2 Å². The van der Waals surface area contributed by atoms with Gasteiger partial charge in [-0.1, -0.05) is 11.6 Å². The Balaban J connectivity index is 1.43. The van der Waals surface area contributed by atoms with E-state index in [0.717, 1.165) is 36.2 Å². The summed E-state index contributed by atoms with van der Waals surface area (Å²) < 4.78 is 26.7. The van der Waals surface area contributed by atoms with Crippen LogP contribution in [0.4, 0.5) is 11.4 Å². The SMILES string of the molecule is CN1CCN(c2ccc(Cl)cc2NC(=O)c2ccc3c(c2)S(=O)(=O)N(C2CC2)C3=O)CC1. The van der Waals surface area contributed by atoms with Gasteiger partial charge in [-0.05, 0) is 56.3 Å². The number of carbonyl (C=O) groups is 2. The Labute approximate surface area is 191 Å². The van der Waals surface area contributed by atoms with Gasteiger partial charge in [0.1, 0.15) is 4.90 Å². The van der Waals surface area contributed by atoms with Gasteiger partial charge in [0.2, 0.25) is 0 Å². The van der Waals surface area contributed by atoms with Gasteiger partial charge in [0, 0.05) is 42.8 Å². The largest absolute Gasteiger partial charge is 0.367 e. The Hall–Kier alpha value is -2.62. The zero-order chi connectivity index (χ0) is 22.6. The molecule has 1 N–H and O–H groups in total. The van der Waals surface area contributed by atoms with Crippen molar-refractivity contribution in [2.75, 3.05) is 43.4 Å². The number of piperazine rings is 1. The molecule has 2 aromatic rings. The average Bonchev–Trinajstić information content (AvgIpc) is 3.56. The summed E-state index contributed by atoms with van der Waals surface area (Å²) in [6.45, 7) is 3.45. The summed E-state index contributed by atoms with van der Waals surface area (Å²) >= 11 is 6.19. The van der Waals surface area contributed by atoms with E-state index in [4.69, 9.17) is 11.6 Å². The molecule has 0 radical (unpaired) electrons. The van der Waals surface area contributed by atoms with Gasteiger partial charge in [-0.15, -0.1) is 0 Å².